The molecule has 2 saturated heterocycles. The fraction of sp³-hybridized carbons (Fsp3) is 0.524. The second-order valence-electron chi connectivity index (χ2n) is 7.97. The van der Waals surface area contributed by atoms with Crippen molar-refractivity contribution in [2.45, 2.75) is 62.9 Å². The molecule has 3 atom stereocenters. The maximum absolute atomic E-state index is 12.4. The lowest BCUT2D eigenvalue weighted by Gasteiger charge is -2.16. The van der Waals surface area contributed by atoms with Gasteiger partial charge in [-0.2, -0.15) is 11.8 Å². The van der Waals surface area contributed by atoms with Crippen LogP contribution in [0.5, 0.6) is 0 Å². The molecule has 0 saturated carbocycles. The van der Waals surface area contributed by atoms with Crippen molar-refractivity contribution in [2.75, 3.05) is 11.1 Å². The molecule has 0 unspecified atom stereocenters. The van der Waals surface area contributed by atoms with Gasteiger partial charge in [0.05, 0.1) is 23.3 Å². The molecule has 0 bridgehead atoms. The summed E-state index contributed by atoms with van der Waals surface area (Å²) < 4.78 is 2.22. The van der Waals surface area contributed by atoms with Crippen LogP contribution in [0.25, 0.3) is 10.9 Å². The van der Waals surface area contributed by atoms with Crippen LogP contribution in [-0.2, 0) is 4.79 Å². The Bertz CT molecular complexity index is 878. The molecule has 3 N–H and O–H groups in total. The number of amides is 3. The minimum atomic E-state index is -0.0415. The normalized spacial score (nSPS) is 23.7. The Morgan fingerprint density at radius 3 is 2.96 bits per heavy atom. The highest BCUT2D eigenvalue weighted by Crippen LogP contribution is 2.33. The number of rotatable bonds is 7. The van der Waals surface area contributed by atoms with Crippen molar-refractivity contribution >= 4 is 40.3 Å². The van der Waals surface area contributed by atoms with Gasteiger partial charge in [0.2, 0.25) is 5.91 Å². The second kappa shape index (κ2) is 8.07. The SMILES string of the molecule is CC(C)n1ccc2c(NC(=O)CCCC[C@@H]3SC[C@H]4NC(=O)N[C@@H]34)cccc21. The van der Waals surface area contributed by atoms with Gasteiger partial charge in [0.1, 0.15) is 0 Å². The number of anilines is 1. The number of hydrogen-bond donors (Lipinski definition) is 3. The topological polar surface area (TPSA) is 75.2 Å². The van der Waals surface area contributed by atoms with Crippen molar-refractivity contribution in [2.24, 2.45) is 0 Å². The van der Waals surface area contributed by atoms with Crippen LogP contribution in [0.3, 0.4) is 0 Å². The Kier molecular flexibility index (Phi) is 5.53. The summed E-state index contributed by atoms with van der Waals surface area (Å²) in [6, 6.07) is 8.98. The third-order valence-electron chi connectivity index (χ3n) is 5.67. The van der Waals surface area contributed by atoms with E-state index in [1.54, 1.807) is 0 Å². The van der Waals surface area contributed by atoms with Crippen LogP contribution in [-0.4, -0.2) is 39.6 Å². The molecule has 2 aliphatic rings. The molecule has 0 spiro atoms. The fourth-order valence-electron chi connectivity index (χ4n) is 4.23. The van der Waals surface area contributed by atoms with Crippen molar-refractivity contribution in [1.29, 1.82) is 0 Å². The number of nitrogens with zero attached hydrogens (tertiary/aromatic N) is 1. The molecule has 4 rings (SSSR count). The maximum atomic E-state index is 12.4. The summed E-state index contributed by atoms with van der Waals surface area (Å²) in [4.78, 5) is 23.9. The van der Waals surface area contributed by atoms with E-state index in [0.29, 0.717) is 17.7 Å². The van der Waals surface area contributed by atoms with Crippen molar-refractivity contribution < 1.29 is 9.59 Å². The molecule has 6 nitrogen and oxygen atoms in total. The summed E-state index contributed by atoms with van der Waals surface area (Å²) in [7, 11) is 0. The molecule has 28 heavy (non-hydrogen) atoms. The van der Waals surface area contributed by atoms with E-state index in [-0.39, 0.29) is 24.0 Å². The monoisotopic (exact) mass is 400 g/mol. The van der Waals surface area contributed by atoms with Crippen LogP contribution in [0.2, 0.25) is 0 Å². The van der Waals surface area contributed by atoms with Crippen LogP contribution in [0, 0.1) is 0 Å². The van der Waals surface area contributed by atoms with E-state index >= 15 is 0 Å². The minimum absolute atomic E-state index is 0.0415. The zero-order chi connectivity index (χ0) is 19.7. The molecule has 3 heterocycles. The number of carbonyl (C=O) groups excluding carboxylic acids is 2. The van der Waals surface area contributed by atoms with Gasteiger partial charge in [-0.25, -0.2) is 4.79 Å². The average Bonchev–Trinajstić information content (AvgIpc) is 3.33. The summed E-state index contributed by atoms with van der Waals surface area (Å²) in [5, 5.41) is 10.6. The predicted octanol–water partition coefficient (Wildman–Crippen LogP) is 3.89. The van der Waals surface area contributed by atoms with Gasteiger partial charge in [-0.15, -0.1) is 0 Å². The summed E-state index contributed by atoms with van der Waals surface area (Å²) in [5.41, 5.74) is 2.03. The summed E-state index contributed by atoms with van der Waals surface area (Å²) in [6.45, 7) is 4.31. The number of fused-ring (bicyclic) bond motifs is 2. The Labute approximate surface area is 169 Å². The Hall–Kier alpha value is -2.15. The minimum Gasteiger partial charge on any atom is -0.345 e. The van der Waals surface area contributed by atoms with Gasteiger partial charge in [-0.3, -0.25) is 4.79 Å². The lowest BCUT2D eigenvalue weighted by atomic mass is 10.0. The first-order chi connectivity index (χ1) is 13.5. The lowest BCUT2D eigenvalue weighted by Crippen LogP contribution is -2.36. The zero-order valence-corrected chi connectivity index (χ0v) is 17.2. The number of hydrogen-bond acceptors (Lipinski definition) is 3. The van der Waals surface area contributed by atoms with Crippen molar-refractivity contribution in [3.05, 3.63) is 30.5 Å². The molecule has 2 aromatic rings. The van der Waals surface area contributed by atoms with Crippen molar-refractivity contribution in [3.63, 3.8) is 0 Å². The molecule has 1 aromatic heterocycles. The fourth-order valence-corrected chi connectivity index (χ4v) is 5.78. The number of thioether (sulfide) groups is 1. The van der Waals surface area contributed by atoms with Gasteiger partial charge in [0.15, 0.2) is 0 Å². The first-order valence-corrected chi connectivity index (χ1v) is 11.2. The van der Waals surface area contributed by atoms with Crippen LogP contribution < -0.4 is 16.0 Å². The third kappa shape index (κ3) is 3.85. The van der Waals surface area contributed by atoms with Gasteiger partial charge < -0.3 is 20.5 Å². The summed E-state index contributed by atoms with van der Waals surface area (Å²) in [5.74, 6) is 1.05. The van der Waals surface area contributed by atoms with Gasteiger partial charge >= 0.3 is 6.03 Å². The highest BCUT2D eigenvalue weighted by atomic mass is 32.2. The number of benzene rings is 1. The molecule has 7 heteroatoms. The van der Waals surface area contributed by atoms with Gasteiger partial charge in [0.25, 0.3) is 0 Å². The van der Waals surface area contributed by atoms with E-state index in [2.05, 4.69) is 52.7 Å². The zero-order valence-electron chi connectivity index (χ0n) is 16.4. The number of unbranched alkanes of at least 4 members (excludes halogenated alkanes) is 1. The highest BCUT2D eigenvalue weighted by Gasteiger charge is 2.42. The Balaban J connectivity index is 1.26. The van der Waals surface area contributed by atoms with E-state index in [1.807, 2.05) is 23.9 Å². The number of carbonyl (C=O) groups is 2. The van der Waals surface area contributed by atoms with Gasteiger partial charge in [0, 0.05) is 35.0 Å². The smallest absolute Gasteiger partial charge is 0.315 e. The molecule has 1 aromatic carbocycles. The maximum Gasteiger partial charge on any atom is 0.315 e. The van der Waals surface area contributed by atoms with Crippen LogP contribution in [0.15, 0.2) is 30.5 Å². The van der Waals surface area contributed by atoms with Crippen LogP contribution in [0.1, 0.15) is 45.6 Å². The van der Waals surface area contributed by atoms with E-state index in [1.165, 1.54) is 0 Å². The Morgan fingerprint density at radius 2 is 2.14 bits per heavy atom. The first-order valence-electron chi connectivity index (χ1n) is 10.1. The van der Waals surface area contributed by atoms with Crippen LogP contribution >= 0.6 is 11.8 Å². The van der Waals surface area contributed by atoms with Crippen molar-refractivity contribution in [3.8, 4) is 0 Å². The first kappa shape index (κ1) is 19.2. The average molecular weight is 401 g/mol. The molecule has 2 fully saturated rings. The molecule has 150 valence electrons. The third-order valence-corrected chi connectivity index (χ3v) is 7.18. The van der Waals surface area contributed by atoms with E-state index in [0.717, 1.165) is 41.6 Å². The molecule has 0 radical (unpaired) electrons. The van der Waals surface area contributed by atoms with E-state index < -0.39 is 0 Å². The van der Waals surface area contributed by atoms with Gasteiger partial charge in [-0.05, 0) is 44.9 Å². The molecule has 0 aliphatic carbocycles. The highest BCUT2D eigenvalue weighted by molar-refractivity contribution is 8.00. The standard InChI is InChI=1S/C21H28N4O2S/c1-13(2)25-11-10-14-15(6-5-7-17(14)25)22-19(26)9-4-3-8-18-20-16(12-28-18)23-21(27)24-20/h5-7,10-11,13,16,18,20H,3-4,8-9,12H2,1-2H3,(H,22,26)(H2,23,24,27)/t16-,18+,20-/m1/s1. The Morgan fingerprint density at radius 1 is 1.29 bits per heavy atom. The predicted molar refractivity (Wildman–Crippen MR) is 115 cm³/mol. The second-order valence-corrected chi connectivity index (χ2v) is 9.24. The largest absolute Gasteiger partial charge is 0.345 e. The van der Waals surface area contributed by atoms with Crippen LogP contribution in [0.4, 0.5) is 10.5 Å². The molecular weight excluding hydrogens is 372 g/mol. The molecular formula is C21H28N4O2S. The number of aromatic nitrogens is 1. The van der Waals surface area contributed by atoms with Crippen molar-refractivity contribution in [1.82, 2.24) is 15.2 Å². The number of urea groups is 1. The summed E-state index contributed by atoms with van der Waals surface area (Å²) >= 11 is 1.92. The number of nitrogens with one attached hydrogen (secondary N) is 3. The van der Waals surface area contributed by atoms with E-state index in [9.17, 15) is 9.59 Å². The summed E-state index contributed by atoms with van der Waals surface area (Å²) in [6.07, 6.45) is 5.50. The van der Waals surface area contributed by atoms with Gasteiger partial charge in [-0.1, -0.05) is 12.5 Å². The van der Waals surface area contributed by atoms with E-state index in [4.69, 9.17) is 0 Å². The quantitative estimate of drug-likeness (QED) is 0.488. The molecule has 3 amide bonds. The molecule has 2 aliphatic heterocycles. The lowest BCUT2D eigenvalue weighted by molar-refractivity contribution is -0.116.